The van der Waals surface area contributed by atoms with Gasteiger partial charge in [0.15, 0.2) is 0 Å². The number of rotatable bonds is 4. The van der Waals surface area contributed by atoms with Gasteiger partial charge in [-0.1, -0.05) is 0 Å². The van der Waals surface area contributed by atoms with Gasteiger partial charge in [-0.25, -0.2) is 4.98 Å². The van der Waals surface area contributed by atoms with E-state index in [1.807, 2.05) is 0 Å². The molecule has 3 N–H and O–H groups in total. The summed E-state index contributed by atoms with van der Waals surface area (Å²) in [4.78, 5) is 13.4. The van der Waals surface area contributed by atoms with Gasteiger partial charge in [-0.3, -0.25) is 0 Å². The highest BCUT2D eigenvalue weighted by Crippen LogP contribution is 2.35. The third-order valence-corrected chi connectivity index (χ3v) is 4.80. The van der Waals surface area contributed by atoms with Crippen molar-refractivity contribution in [2.75, 3.05) is 23.8 Å². The molecular weight excluding hydrogens is 272 g/mol. The molecule has 1 saturated heterocycles. The lowest BCUT2D eigenvalue weighted by molar-refractivity contribution is 0.279. The fraction of sp³-hybridized carbons (Fsp3) is 0.571. The maximum absolute atomic E-state index is 9.04. The first kappa shape index (κ1) is 13.6. The molecule has 0 spiro atoms. The van der Waals surface area contributed by atoms with Crippen LogP contribution in [-0.2, 0) is 0 Å². The molecule has 2 aromatic heterocycles. The van der Waals surface area contributed by atoms with Crippen LogP contribution in [0, 0.1) is 6.92 Å². The van der Waals surface area contributed by atoms with E-state index in [9.17, 15) is 0 Å². The number of thiophene rings is 1. The monoisotopic (exact) mass is 292 g/mol. The molecule has 3 heterocycles. The zero-order chi connectivity index (χ0) is 14.1. The molecule has 1 unspecified atom stereocenters. The van der Waals surface area contributed by atoms with Crippen LogP contribution in [0.15, 0.2) is 6.07 Å². The molecule has 1 fully saturated rings. The summed E-state index contributed by atoms with van der Waals surface area (Å²) in [6.45, 7) is 3.35. The van der Waals surface area contributed by atoms with Crippen molar-refractivity contribution in [3.05, 3.63) is 10.9 Å². The minimum Gasteiger partial charge on any atom is -0.396 e. The first-order valence-electron chi connectivity index (χ1n) is 7.10. The lowest BCUT2D eigenvalue weighted by Crippen LogP contribution is -2.30. The molecule has 0 aromatic carbocycles. The quantitative estimate of drug-likeness (QED) is 0.904. The zero-order valence-corrected chi connectivity index (χ0v) is 12.5. The Hall–Kier alpha value is -1.40. The Morgan fingerprint density at radius 1 is 1.50 bits per heavy atom. The fourth-order valence-electron chi connectivity index (χ4n) is 3.00. The van der Waals surface area contributed by atoms with Crippen LogP contribution in [-0.4, -0.2) is 34.3 Å². The molecule has 1 aliphatic rings. The Labute approximate surface area is 122 Å². The molecule has 0 saturated carbocycles. The summed E-state index contributed by atoms with van der Waals surface area (Å²) in [5.74, 6) is 1.32. The van der Waals surface area contributed by atoms with E-state index in [1.54, 1.807) is 11.3 Å². The minimum absolute atomic E-state index is 0.253. The van der Waals surface area contributed by atoms with Crippen molar-refractivity contribution in [1.82, 2.24) is 9.97 Å². The number of hydrogen-bond donors (Lipinski definition) is 2. The number of aliphatic hydroxyl groups excluding tert-OH is 1. The molecule has 1 aliphatic heterocycles. The number of aliphatic hydroxyl groups is 1. The summed E-state index contributed by atoms with van der Waals surface area (Å²) in [5, 5.41) is 10.1. The van der Waals surface area contributed by atoms with Crippen LogP contribution >= 0.6 is 11.3 Å². The molecule has 5 nitrogen and oxygen atoms in total. The third kappa shape index (κ3) is 2.45. The standard InChI is InChI=1S/C14H20N4OS/c1-9-8-11-12(16-14(15)17-13(11)20-9)18-6-2-4-10(18)5-3-7-19/h8,10,19H,2-7H2,1H3,(H2,15,16,17). The maximum atomic E-state index is 9.04. The van der Waals surface area contributed by atoms with Crippen LogP contribution < -0.4 is 10.6 Å². The lowest BCUT2D eigenvalue weighted by atomic mass is 10.1. The molecule has 1 atom stereocenters. The number of hydrogen-bond acceptors (Lipinski definition) is 6. The number of aryl methyl sites for hydroxylation is 1. The topological polar surface area (TPSA) is 75.3 Å². The van der Waals surface area contributed by atoms with Gasteiger partial charge in [0.2, 0.25) is 5.95 Å². The molecule has 20 heavy (non-hydrogen) atoms. The van der Waals surface area contributed by atoms with Crippen LogP contribution in [0.1, 0.15) is 30.6 Å². The summed E-state index contributed by atoms with van der Waals surface area (Å²) in [7, 11) is 0. The predicted octanol–water partition coefficient (Wildman–Crippen LogP) is 2.32. The van der Waals surface area contributed by atoms with E-state index in [2.05, 4.69) is 27.9 Å². The van der Waals surface area contributed by atoms with E-state index in [0.29, 0.717) is 12.0 Å². The molecule has 108 valence electrons. The lowest BCUT2D eigenvalue weighted by Gasteiger charge is -2.26. The summed E-state index contributed by atoms with van der Waals surface area (Å²) in [6.07, 6.45) is 4.18. The normalized spacial score (nSPS) is 19.1. The van der Waals surface area contributed by atoms with Crippen molar-refractivity contribution in [2.24, 2.45) is 0 Å². The zero-order valence-electron chi connectivity index (χ0n) is 11.7. The van der Waals surface area contributed by atoms with E-state index < -0.39 is 0 Å². The number of nitrogen functional groups attached to an aromatic ring is 1. The van der Waals surface area contributed by atoms with E-state index in [1.165, 1.54) is 11.3 Å². The second kappa shape index (κ2) is 5.54. The van der Waals surface area contributed by atoms with Gasteiger partial charge in [-0.2, -0.15) is 4.98 Å². The van der Waals surface area contributed by atoms with E-state index in [-0.39, 0.29) is 6.61 Å². The fourth-order valence-corrected chi connectivity index (χ4v) is 3.88. The summed E-state index contributed by atoms with van der Waals surface area (Å²) >= 11 is 1.66. The molecule has 0 bridgehead atoms. The van der Waals surface area contributed by atoms with Crippen LogP contribution in [0.2, 0.25) is 0 Å². The third-order valence-electron chi connectivity index (χ3n) is 3.86. The van der Waals surface area contributed by atoms with Gasteiger partial charge in [0, 0.05) is 24.1 Å². The maximum Gasteiger partial charge on any atom is 0.223 e. The Morgan fingerprint density at radius 3 is 3.15 bits per heavy atom. The van der Waals surface area contributed by atoms with Crippen molar-refractivity contribution >= 4 is 33.3 Å². The highest BCUT2D eigenvalue weighted by molar-refractivity contribution is 7.18. The summed E-state index contributed by atoms with van der Waals surface area (Å²) in [5.41, 5.74) is 5.86. The van der Waals surface area contributed by atoms with Gasteiger partial charge in [-0.15, -0.1) is 11.3 Å². The number of anilines is 2. The van der Waals surface area contributed by atoms with Gasteiger partial charge in [0.05, 0.1) is 5.39 Å². The number of nitrogens with zero attached hydrogens (tertiary/aromatic N) is 3. The second-order valence-electron chi connectivity index (χ2n) is 5.34. The van der Waals surface area contributed by atoms with Crippen molar-refractivity contribution in [1.29, 1.82) is 0 Å². The SMILES string of the molecule is Cc1cc2c(N3CCCC3CCCO)nc(N)nc2s1. The molecule has 0 amide bonds. The highest BCUT2D eigenvalue weighted by Gasteiger charge is 2.27. The highest BCUT2D eigenvalue weighted by atomic mass is 32.1. The Kier molecular flexibility index (Phi) is 3.76. The van der Waals surface area contributed by atoms with Crippen LogP contribution in [0.3, 0.4) is 0 Å². The van der Waals surface area contributed by atoms with Gasteiger partial charge in [0.1, 0.15) is 10.6 Å². The van der Waals surface area contributed by atoms with Gasteiger partial charge in [0.25, 0.3) is 0 Å². The summed E-state index contributed by atoms with van der Waals surface area (Å²) < 4.78 is 0. The largest absolute Gasteiger partial charge is 0.396 e. The summed E-state index contributed by atoms with van der Waals surface area (Å²) in [6, 6.07) is 2.61. The van der Waals surface area contributed by atoms with Crippen molar-refractivity contribution in [2.45, 2.75) is 38.6 Å². The average Bonchev–Trinajstić information content (AvgIpc) is 3.00. The molecule has 0 radical (unpaired) electrons. The number of nitrogens with two attached hydrogens (primary N) is 1. The number of aromatic nitrogens is 2. The first-order valence-corrected chi connectivity index (χ1v) is 7.92. The van der Waals surface area contributed by atoms with Gasteiger partial charge >= 0.3 is 0 Å². The van der Waals surface area contributed by atoms with Gasteiger partial charge in [-0.05, 0) is 38.7 Å². The van der Waals surface area contributed by atoms with Gasteiger partial charge < -0.3 is 15.7 Å². The Balaban J connectivity index is 1.99. The van der Waals surface area contributed by atoms with Crippen molar-refractivity contribution in [3.63, 3.8) is 0 Å². The minimum atomic E-state index is 0.253. The first-order chi connectivity index (χ1) is 9.69. The molecule has 6 heteroatoms. The molecule has 2 aromatic rings. The Bertz CT molecular complexity index is 612. The smallest absolute Gasteiger partial charge is 0.223 e. The van der Waals surface area contributed by atoms with E-state index in [4.69, 9.17) is 10.8 Å². The van der Waals surface area contributed by atoms with Crippen molar-refractivity contribution < 1.29 is 5.11 Å². The van der Waals surface area contributed by atoms with Crippen LogP contribution in [0.4, 0.5) is 11.8 Å². The number of fused-ring (bicyclic) bond motifs is 1. The molecule has 0 aliphatic carbocycles. The average molecular weight is 292 g/mol. The molecule has 3 rings (SSSR count). The van der Waals surface area contributed by atoms with Crippen LogP contribution in [0.25, 0.3) is 10.2 Å². The Morgan fingerprint density at radius 2 is 2.35 bits per heavy atom. The van der Waals surface area contributed by atoms with E-state index >= 15 is 0 Å². The predicted molar refractivity (Wildman–Crippen MR) is 83.3 cm³/mol. The second-order valence-corrected chi connectivity index (χ2v) is 6.57. The van der Waals surface area contributed by atoms with Crippen molar-refractivity contribution in [3.8, 4) is 0 Å². The molecular formula is C14H20N4OS. The van der Waals surface area contributed by atoms with E-state index in [0.717, 1.165) is 41.8 Å². The van der Waals surface area contributed by atoms with Crippen LogP contribution in [0.5, 0.6) is 0 Å².